The molecule has 7 heteroatoms. The van der Waals surface area contributed by atoms with Crippen LogP contribution in [0.15, 0.2) is 63.7 Å². The molecule has 1 aliphatic heterocycles. The molecule has 0 N–H and O–H groups in total. The molecule has 0 spiro atoms. The maximum Gasteiger partial charge on any atom is 0.375 e. The summed E-state index contributed by atoms with van der Waals surface area (Å²) in [5.74, 6) is 0.0487. The SMILES string of the molecule is CC1(C)OC(=O)C(Oc2ccc(Br)cc2)=C1c1ccc(S(C)(=O)=O)cc1. The van der Waals surface area contributed by atoms with Crippen LogP contribution in [0.25, 0.3) is 5.57 Å². The molecule has 5 nitrogen and oxygen atoms in total. The number of ether oxygens (including phenoxy) is 2. The summed E-state index contributed by atoms with van der Waals surface area (Å²) in [7, 11) is -3.30. The number of sulfone groups is 1. The summed E-state index contributed by atoms with van der Waals surface area (Å²) in [4.78, 5) is 12.6. The normalized spacial score (nSPS) is 16.5. The summed E-state index contributed by atoms with van der Waals surface area (Å²) in [6.45, 7) is 3.53. The van der Waals surface area contributed by atoms with Crippen molar-refractivity contribution in [3.63, 3.8) is 0 Å². The van der Waals surface area contributed by atoms with Gasteiger partial charge in [0.1, 0.15) is 11.4 Å². The van der Waals surface area contributed by atoms with Crippen LogP contribution in [0.5, 0.6) is 5.75 Å². The Hall–Kier alpha value is -2.12. The van der Waals surface area contributed by atoms with Crippen molar-refractivity contribution >= 4 is 37.3 Å². The van der Waals surface area contributed by atoms with E-state index < -0.39 is 21.4 Å². The zero-order chi connectivity index (χ0) is 19.1. The highest BCUT2D eigenvalue weighted by atomic mass is 79.9. The van der Waals surface area contributed by atoms with Crippen molar-refractivity contribution < 1.29 is 22.7 Å². The minimum absolute atomic E-state index is 0.101. The molecule has 2 aromatic carbocycles. The zero-order valence-corrected chi connectivity index (χ0v) is 16.8. The van der Waals surface area contributed by atoms with Gasteiger partial charge in [0, 0.05) is 10.7 Å². The fourth-order valence-electron chi connectivity index (χ4n) is 2.77. The maximum absolute atomic E-state index is 12.4. The smallest absolute Gasteiger partial charge is 0.375 e. The number of esters is 1. The van der Waals surface area contributed by atoms with Gasteiger partial charge in [-0.05, 0) is 55.8 Å². The minimum Gasteiger partial charge on any atom is -0.449 e. The Labute approximate surface area is 160 Å². The number of carbonyl (C=O) groups is 1. The molecule has 0 unspecified atom stereocenters. The van der Waals surface area contributed by atoms with Gasteiger partial charge in [0.05, 0.1) is 10.5 Å². The van der Waals surface area contributed by atoms with Crippen molar-refractivity contribution in [1.82, 2.24) is 0 Å². The standard InChI is InChI=1S/C19H17BrO5S/c1-19(2)16(12-4-10-15(11-5-12)26(3,22)23)17(18(21)25-19)24-14-8-6-13(20)7-9-14/h4-11H,1-3H3. The van der Waals surface area contributed by atoms with E-state index in [-0.39, 0.29) is 10.7 Å². The van der Waals surface area contributed by atoms with Crippen LogP contribution < -0.4 is 4.74 Å². The Balaban J connectivity index is 2.07. The van der Waals surface area contributed by atoms with Crippen molar-refractivity contribution in [3.05, 3.63) is 64.3 Å². The summed E-state index contributed by atoms with van der Waals surface area (Å²) in [6, 6.07) is 13.4. The van der Waals surface area contributed by atoms with E-state index in [1.165, 1.54) is 12.1 Å². The fraction of sp³-hybridized carbons (Fsp3) is 0.211. The third kappa shape index (κ3) is 3.68. The second-order valence-corrected chi connectivity index (χ2v) is 9.39. The van der Waals surface area contributed by atoms with Gasteiger partial charge in [-0.15, -0.1) is 0 Å². The molecule has 0 bridgehead atoms. The summed E-state index contributed by atoms with van der Waals surface area (Å²) < 4.78 is 35.5. The van der Waals surface area contributed by atoms with Gasteiger partial charge in [0.25, 0.3) is 0 Å². The van der Waals surface area contributed by atoms with E-state index in [2.05, 4.69) is 15.9 Å². The highest BCUT2D eigenvalue weighted by Crippen LogP contribution is 2.40. The number of hydrogen-bond acceptors (Lipinski definition) is 5. The highest BCUT2D eigenvalue weighted by molar-refractivity contribution is 9.10. The quantitative estimate of drug-likeness (QED) is 0.677. The lowest BCUT2D eigenvalue weighted by Gasteiger charge is -2.21. The Morgan fingerprint density at radius 3 is 2.12 bits per heavy atom. The van der Waals surface area contributed by atoms with Crippen LogP contribution in [-0.4, -0.2) is 26.2 Å². The number of rotatable bonds is 4. The van der Waals surface area contributed by atoms with Crippen LogP contribution in [-0.2, 0) is 19.4 Å². The predicted molar refractivity (Wildman–Crippen MR) is 101 cm³/mol. The van der Waals surface area contributed by atoms with Crippen LogP contribution in [0, 0.1) is 0 Å². The van der Waals surface area contributed by atoms with Crippen molar-refractivity contribution in [1.29, 1.82) is 0 Å². The molecule has 0 aliphatic carbocycles. The van der Waals surface area contributed by atoms with Gasteiger partial charge in [-0.1, -0.05) is 28.1 Å². The van der Waals surface area contributed by atoms with E-state index in [0.29, 0.717) is 16.9 Å². The third-order valence-electron chi connectivity index (χ3n) is 3.97. The zero-order valence-electron chi connectivity index (χ0n) is 14.4. The molecule has 1 heterocycles. The summed E-state index contributed by atoms with van der Waals surface area (Å²) in [5.41, 5.74) is 0.347. The van der Waals surface area contributed by atoms with Crippen LogP contribution in [0.2, 0.25) is 0 Å². The number of halogens is 1. The lowest BCUT2D eigenvalue weighted by Crippen LogP contribution is -2.22. The number of carbonyl (C=O) groups excluding carboxylic acids is 1. The molecule has 1 aliphatic rings. The van der Waals surface area contributed by atoms with Crippen molar-refractivity contribution in [2.45, 2.75) is 24.3 Å². The molecule has 0 amide bonds. The second-order valence-electron chi connectivity index (χ2n) is 6.46. The van der Waals surface area contributed by atoms with Crippen LogP contribution >= 0.6 is 15.9 Å². The molecular formula is C19H17BrO5S. The average molecular weight is 437 g/mol. The first-order chi connectivity index (χ1) is 12.1. The lowest BCUT2D eigenvalue weighted by molar-refractivity contribution is -0.145. The molecule has 0 fully saturated rings. The van der Waals surface area contributed by atoms with Crippen molar-refractivity contribution in [2.24, 2.45) is 0 Å². The van der Waals surface area contributed by atoms with E-state index in [0.717, 1.165) is 10.7 Å². The summed E-state index contributed by atoms with van der Waals surface area (Å²) in [6.07, 6.45) is 1.15. The van der Waals surface area contributed by atoms with Gasteiger partial charge >= 0.3 is 5.97 Å². The molecule has 0 aromatic heterocycles. The lowest BCUT2D eigenvalue weighted by atomic mass is 9.92. The average Bonchev–Trinajstić information content (AvgIpc) is 2.77. The van der Waals surface area contributed by atoms with E-state index in [9.17, 15) is 13.2 Å². The molecule has 136 valence electrons. The van der Waals surface area contributed by atoms with E-state index in [1.807, 2.05) is 12.1 Å². The minimum atomic E-state index is -3.30. The highest BCUT2D eigenvalue weighted by Gasteiger charge is 2.43. The van der Waals surface area contributed by atoms with Crippen molar-refractivity contribution in [3.8, 4) is 5.75 Å². The fourth-order valence-corrected chi connectivity index (χ4v) is 3.66. The molecule has 2 aromatic rings. The molecule has 0 saturated heterocycles. The second kappa shape index (κ2) is 6.55. The molecule has 0 saturated carbocycles. The van der Waals surface area contributed by atoms with Crippen LogP contribution in [0.4, 0.5) is 0 Å². The van der Waals surface area contributed by atoms with Gasteiger partial charge in [0.15, 0.2) is 9.84 Å². The predicted octanol–water partition coefficient (Wildman–Crippen LogP) is 3.98. The first-order valence-electron chi connectivity index (χ1n) is 7.80. The van der Waals surface area contributed by atoms with Crippen LogP contribution in [0.1, 0.15) is 19.4 Å². The molecule has 0 radical (unpaired) electrons. The third-order valence-corrected chi connectivity index (χ3v) is 5.62. The summed E-state index contributed by atoms with van der Waals surface area (Å²) >= 11 is 3.35. The van der Waals surface area contributed by atoms with E-state index in [4.69, 9.17) is 9.47 Å². The van der Waals surface area contributed by atoms with Crippen LogP contribution in [0.3, 0.4) is 0 Å². The monoisotopic (exact) mass is 436 g/mol. The largest absolute Gasteiger partial charge is 0.449 e. The molecule has 26 heavy (non-hydrogen) atoms. The topological polar surface area (TPSA) is 69.7 Å². The van der Waals surface area contributed by atoms with Gasteiger partial charge < -0.3 is 9.47 Å². The number of benzene rings is 2. The van der Waals surface area contributed by atoms with Crippen molar-refractivity contribution in [2.75, 3.05) is 6.26 Å². The Morgan fingerprint density at radius 1 is 1.00 bits per heavy atom. The Bertz CT molecular complexity index is 987. The Morgan fingerprint density at radius 2 is 1.58 bits per heavy atom. The van der Waals surface area contributed by atoms with Gasteiger partial charge in [-0.3, -0.25) is 0 Å². The molecular weight excluding hydrogens is 420 g/mol. The van der Waals surface area contributed by atoms with Gasteiger partial charge in [-0.25, -0.2) is 13.2 Å². The maximum atomic E-state index is 12.4. The van der Waals surface area contributed by atoms with Gasteiger partial charge in [0.2, 0.25) is 5.76 Å². The van der Waals surface area contributed by atoms with Gasteiger partial charge in [-0.2, -0.15) is 0 Å². The molecule has 0 atom stereocenters. The molecule has 3 rings (SSSR count). The number of hydrogen-bond donors (Lipinski definition) is 0. The number of cyclic esters (lactones) is 1. The van der Waals surface area contributed by atoms with E-state index >= 15 is 0 Å². The summed E-state index contributed by atoms with van der Waals surface area (Å²) in [5, 5.41) is 0. The Kier molecular flexibility index (Phi) is 4.71. The van der Waals surface area contributed by atoms with E-state index in [1.54, 1.807) is 38.1 Å². The first kappa shape index (κ1) is 18.7. The first-order valence-corrected chi connectivity index (χ1v) is 10.5.